The summed E-state index contributed by atoms with van der Waals surface area (Å²) < 4.78 is 10.9. The van der Waals surface area contributed by atoms with E-state index in [1.807, 2.05) is 25.1 Å². The lowest BCUT2D eigenvalue weighted by molar-refractivity contribution is 0.187. The Kier molecular flexibility index (Phi) is 7.24. The molecule has 30 heavy (non-hydrogen) atoms. The molecule has 2 N–H and O–H groups in total. The van der Waals surface area contributed by atoms with Crippen LogP contribution in [0.15, 0.2) is 46.0 Å². The molecule has 0 saturated carbocycles. The van der Waals surface area contributed by atoms with Gasteiger partial charge in [0, 0.05) is 56.9 Å². The smallest absolute Gasteiger partial charge is 0.191 e. The molecule has 2 aliphatic heterocycles. The minimum atomic E-state index is 0.417. The zero-order valence-electron chi connectivity index (χ0n) is 17.8. The van der Waals surface area contributed by atoms with E-state index in [9.17, 15) is 0 Å². The Morgan fingerprint density at radius 2 is 2.10 bits per heavy atom. The Hall–Kier alpha value is -2.54. The number of hydrogen-bond acceptors (Lipinski definition) is 5. The number of pyridine rings is 1. The molecule has 7 heteroatoms. The Labute approximate surface area is 178 Å². The van der Waals surface area contributed by atoms with E-state index < -0.39 is 0 Å². The van der Waals surface area contributed by atoms with E-state index >= 15 is 0 Å². The summed E-state index contributed by atoms with van der Waals surface area (Å²) in [6, 6.07) is 10.6. The molecule has 7 nitrogen and oxygen atoms in total. The van der Waals surface area contributed by atoms with Gasteiger partial charge < -0.3 is 24.7 Å². The standard InChI is InChI=1S/C23H33N5O2/c1-18-4-2-6-22(26-18)28-12-8-20(9-13-28)27-23(25-16-19-10-15-29-17-19)24-11-7-21-5-3-14-30-21/h2-6,14,19-20H,7-13,15-17H2,1H3,(H2,24,25,27). The predicted octanol–water partition coefficient (Wildman–Crippen LogP) is 2.77. The highest BCUT2D eigenvalue weighted by atomic mass is 16.5. The first-order chi connectivity index (χ1) is 14.8. The third-order valence-electron chi connectivity index (χ3n) is 5.81. The number of furan rings is 1. The zero-order valence-corrected chi connectivity index (χ0v) is 17.8. The van der Waals surface area contributed by atoms with Crippen LogP contribution >= 0.6 is 0 Å². The van der Waals surface area contributed by atoms with Crippen molar-refractivity contribution in [3.8, 4) is 0 Å². The quantitative estimate of drug-likeness (QED) is 0.539. The van der Waals surface area contributed by atoms with Gasteiger partial charge in [-0.25, -0.2) is 4.98 Å². The SMILES string of the molecule is Cc1cccc(N2CCC(NC(=NCC3CCOC3)NCCc3ccco3)CC2)n1. The summed E-state index contributed by atoms with van der Waals surface area (Å²) in [6.45, 7) is 7.35. The van der Waals surface area contributed by atoms with Gasteiger partial charge in [-0.3, -0.25) is 4.99 Å². The Morgan fingerprint density at radius 3 is 2.83 bits per heavy atom. The molecule has 0 aromatic carbocycles. The first kappa shape index (κ1) is 20.7. The summed E-state index contributed by atoms with van der Waals surface area (Å²) in [5.74, 6) is 3.51. The van der Waals surface area contributed by atoms with Crippen LogP contribution in [0.5, 0.6) is 0 Å². The molecule has 0 amide bonds. The van der Waals surface area contributed by atoms with Gasteiger partial charge in [0.05, 0.1) is 12.9 Å². The molecule has 2 fully saturated rings. The number of hydrogen-bond donors (Lipinski definition) is 2. The summed E-state index contributed by atoms with van der Waals surface area (Å²) in [6.07, 6.45) is 5.81. The maximum atomic E-state index is 5.50. The Bertz CT molecular complexity index is 794. The van der Waals surface area contributed by atoms with Crippen molar-refractivity contribution in [3.05, 3.63) is 48.0 Å². The van der Waals surface area contributed by atoms with Crippen LogP contribution in [0.2, 0.25) is 0 Å². The number of rotatable bonds is 7. The number of aromatic nitrogens is 1. The second-order valence-corrected chi connectivity index (χ2v) is 8.22. The van der Waals surface area contributed by atoms with Crippen molar-refractivity contribution >= 4 is 11.8 Å². The maximum absolute atomic E-state index is 5.50. The van der Waals surface area contributed by atoms with Crippen LogP contribution in [0.25, 0.3) is 0 Å². The van der Waals surface area contributed by atoms with Crippen LogP contribution in [-0.4, -0.2) is 56.4 Å². The first-order valence-corrected chi connectivity index (χ1v) is 11.1. The molecule has 2 aromatic rings. The van der Waals surface area contributed by atoms with Crippen molar-refractivity contribution in [1.29, 1.82) is 0 Å². The lowest BCUT2D eigenvalue weighted by atomic mass is 10.1. The van der Waals surface area contributed by atoms with Gasteiger partial charge in [-0.1, -0.05) is 6.07 Å². The lowest BCUT2D eigenvalue weighted by Crippen LogP contribution is -2.49. The average molecular weight is 412 g/mol. The van der Waals surface area contributed by atoms with Gasteiger partial charge in [-0.15, -0.1) is 0 Å². The predicted molar refractivity (Wildman–Crippen MR) is 119 cm³/mol. The largest absolute Gasteiger partial charge is 0.469 e. The molecule has 2 saturated heterocycles. The molecular formula is C23H33N5O2. The Balaban J connectivity index is 1.29. The second kappa shape index (κ2) is 10.5. The van der Waals surface area contributed by atoms with Crippen LogP contribution in [0.3, 0.4) is 0 Å². The van der Waals surface area contributed by atoms with E-state index in [2.05, 4.69) is 32.7 Å². The fraction of sp³-hybridized carbons (Fsp3) is 0.565. The number of guanidine groups is 1. The van der Waals surface area contributed by atoms with Gasteiger partial charge in [0.25, 0.3) is 0 Å². The number of anilines is 1. The van der Waals surface area contributed by atoms with Crippen molar-refractivity contribution in [2.24, 2.45) is 10.9 Å². The van der Waals surface area contributed by atoms with Gasteiger partial charge in [0.1, 0.15) is 11.6 Å². The minimum absolute atomic E-state index is 0.417. The fourth-order valence-corrected chi connectivity index (χ4v) is 4.01. The topological polar surface area (TPSA) is 74.9 Å². The number of ether oxygens (including phenoxy) is 1. The zero-order chi connectivity index (χ0) is 20.6. The van der Waals surface area contributed by atoms with Crippen molar-refractivity contribution in [1.82, 2.24) is 15.6 Å². The summed E-state index contributed by atoms with van der Waals surface area (Å²) in [5.41, 5.74) is 1.07. The maximum Gasteiger partial charge on any atom is 0.191 e. The molecule has 2 aliphatic rings. The molecule has 0 radical (unpaired) electrons. The number of nitrogens with one attached hydrogen (secondary N) is 2. The average Bonchev–Trinajstić information content (AvgIpc) is 3.47. The van der Waals surface area contributed by atoms with Gasteiger partial charge in [0.2, 0.25) is 0 Å². The molecule has 0 spiro atoms. The van der Waals surface area contributed by atoms with Crippen molar-refractivity contribution in [2.75, 3.05) is 44.3 Å². The van der Waals surface area contributed by atoms with Crippen molar-refractivity contribution < 1.29 is 9.15 Å². The van der Waals surface area contributed by atoms with Gasteiger partial charge in [-0.2, -0.15) is 0 Å². The molecule has 4 heterocycles. The van der Waals surface area contributed by atoms with E-state index in [0.717, 1.165) is 88.3 Å². The minimum Gasteiger partial charge on any atom is -0.469 e. The molecule has 1 atom stereocenters. The van der Waals surface area contributed by atoms with E-state index in [0.29, 0.717) is 12.0 Å². The molecule has 0 bridgehead atoms. The molecule has 0 aliphatic carbocycles. The molecule has 2 aromatic heterocycles. The molecule has 4 rings (SSSR count). The molecule has 1 unspecified atom stereocenters. The van der Waals surface area contributed by atoms with Crippen LogP contribution in [0.1, 0.15) is 30.7 Å². The normalized spacial score (nSPS) is 20.5. The third kappa shape index (κ3) is 5.98. The van der Waals surface area contributed by atoms with E-state index in [1.54, 1.807) is 6.26 Å². The van der Waals surface area contributed by atoms with E-state index in [1.165, 1.54) is 0 Å². The summed E-state index contributed by atoms with van der Waals surface area (Å²) in [5, 5.41) is 7.16. The van der Waals surface area contributed by atoms with Crippen LogP contribution in [0.4, 0.5) is 5.82 Å². The third-order valence-corrected chi connectivity index (χ3v) is 5.81. The van der Waals surface area contributed by atoms with Crippen LogP contribution in [-0.2, 0) is 11.2 Å². The van der Waals surface area contributed by atoms with Gasteiger partial charge >= 0.3 is 0 Å². The number of nitrogens with zero attached hydrogens (tertiary/aromatic N) is 3. The first-order valence-electron chi connectivity index (χ1n) is 11.1. The summed E-state index contributed by atoms with van der Waals surface area (Å²) >= 11 is 0. The number of aliphatic imine (C=N–C) groups is 1. The lowest BCUT2D eigenvalue weighted by Gasteiger charge is -2.34. The fourth-order valence-electron chi connectivity index (χ4n) is 4.01. The molecular weight excluding hydrogens is 378 g/mol. The van der Waals surface area contributed by atoms with E-state index in [-0.39, 0.29) is 0 Å². The highest BCUT2D eigenvalue weighted by Gasteiger charge is 2.21. The summed E-state index contributed by atoms with van der Waals surface area (Å²) in [7, 11) is 0. The number of piperidine rings is 1. The van der Waals surface area contributed by atoms with Crippen molar-refractivity contribution in [3.63, 3.8) is 0 Å². The highest BCUT2D eigenvalue weighted by molar-refractivity contribution is 5.80. The van der Waals surface area contributed by atoms with Crippen LogP contribution in [0, 0.1) is 12.8 Å². The van der Waals surface area contributed by atoms with Crippen molar-refractivity contribution in [2.45, 2.75) is 38.6 Å². The van der Waals surface area contributed by atoms with Gasteiger partial charge in [-0.05, 0) is 50.5 Å². The highest BCUT2D eigenvalue weighted by Crippen LogP contribution is 2.18. The van der Waals surface area contributed by atoms with Gasteiger partial charge in [0.15, 0.2) is 5.96 Å². The number of aryl methyl sites for hydroxylation is 1. The van der Waals surface area contributed by atoms with E-state index in [4.69, 9.17) is 14.1 Å². The Morgan fingerprint density at radius 1 is 1.20 bits per heavy atom. The molecule has 162 valence electrons. The van der Waals surface area contributed by atoms with Crippen LogP contribution < -0.4 is 15.5 Å². The monoisotopic (exact) mass is 411 g/mol. The summed E-state index contributed by atoms with van der Waals surface area (Å²) in [4.78, 5) is 11.9. The second-order valence-electron chi connectivity index (χ2n) is 8.22.